The normalized spacial score (nSPS) is 18.9. The van der Waals surface area contributed by atoms with E-state index >= 15 is 0 Å². The smallest absolute Gasteiger partial charge is 0.405 e. The molecule has 0 saturated carbocycles. The molecule has 1 aliphatic rings. The predicted molar refractivity (Wildman–Crippen MR) is 53.2 cm³/mol. The summed E-state index contributed by atoms with van der Waals surface area (Å²) in [6.07, 6.45) is -1.39. The van der Waals surface area contributed by atoms with Gasteiger partial charge in [-0.15, -0.1) is 0 Å². The van der Waals surface area contributed by atoms with E-state index in [1.807, 2.05) is 18.2 Å². The summed E-state index contributed by atoms with van der Waals surface area (Å²) >= 11 is 0. The van der Waals surface area contributed by atoms with Crippen molar-refractivity contribution in [1.82, 2.24) is 0 Å². The SMILES string of the molecule is NC(=O)OC1Cc2ccccc2NC1=O. The topological polar surface area (TPSA) is 81.4 Å². The van der Waals surface area contributed by atoms with Crippen molar-refractivity contribution in [2.24, 2.45) is 5.73 Å². The number of anilines is 1. The van der Waals surface area contributed by atoms with Gasteiger partial charge in [0.15, 0.2) is 6.10 Å². The highest BCUT2D eigenvalue weighted by molar-refractivity contribution is 5.98. The van der Waals surface area contributed by atoms with Crippen LogP contribution in [0.1, 0.15) is 5.56 Å². The number of primary amides is 1. The molecule has 1 aromatic rings. The standard InChI is InChI=1S/C10H10N2O3/c11-10(14)15-8-5-6-3-1-2-4-7(6)12-9(8)13/h1-4,8H,5H2,(H2,11,14)(H,12,13). The van der Waals surface area contributed by atoms with Crippen LogP contribution in [0.15, 0.2) is 24.3 Å². The Labute approximate surface area is 86.2 Å². The molecule has 1 atom stereocenters. The number of hydrogen-bond donors (Lipinski definition) is 2. The Morgan fingerprint density at radius 2 is 2.20 bits per heavy atom. The van der Waals surface area contributed by atoms with Crippen molar-refractivity contribution < 1.29 is 14.3 Å². The molecule has 0 aromatic heterocycles. The number of hydrogen-bond acceptors (Lipinski definition) is 3. The van der Waals surface area contributed by atoms with E-state index in [1.165, 1.54) is 0 Å². The van der Waals surface area contributed by atoms with Crippen LogP contribution in [0.5, 0.6) is 0 Å². The van der Waals surface area contributed by atoms with Crippen molar-refractivity contribution in [1.29, 1.82) is 0 Å². The molecule has 0 radical (unpaired) electrons. The number of ether oxygens (including phenoxy) is 1. The lowest BCUT2D eigenvalue weighted by molar-refractivity contribution is -0.124. The zero-order valence-electron chi connectivity index (χ0n) is 7.90. The van der Waals surface area contributed by atoms with Gasteiger partial charge < -0.3 is 15.8 Å². The summed E-state index contributed by atoms with van der Waals surface area (Å²) in [5.41, 5.74) is 6.55. The quantitative estimate of drug-likeness (QED) is 0.707. The van der Waals surface area contributed by atoms with Gasteiger partial charge in [-0.1, -0.05) is 18.2 Å². The summed E-state index contributed by atoms with van der Waals surface area (Å²) in [6, 6.07) is 7.35. The van der Waals surface area contributed by atoms with E-state index in [0.717, 1.165) is 11.3 Å². The lowest BCUT2D eigenvalue weighted by Gasteiger charge is -2.23. The Bertz CT molecular complexity index is 417. The van der Waals surface area contributed by atoms with Crippen LogP contribution in [0, 0.1) is 0 Å². The van der Waals surface area contributed by atoms with Crippen LogP contribution in [0.25, 0.3) is 0 Å². The summed E-state index contributed by atoms with van der Waals surface area (Å²) in [5.74, 6) is -0.340. The molecular formula is C10H10N2O3. The number of benzene rings is 1. The molecule has 0 bridgehead atoms. The summed E-state index contributed by atoms with van der Waals surface area (Å²) in [5, 5.41) is 2.64. The van der Waals surface area contributed by atoms with Crippen LogP contribution >= 0.6 is 0 Å². The minimum atomic E-state index is -0.936. The van der Waals surface area contributed by atoms with E-state index in [9.17, 15) is 9.59 Å². The molecule has 15 heavy (non-hydrogen) atoms. The Balaban J connectivity index is 2.22. The fraction of sp³-hybridized carbons (Fsp3) is 0.200. The monoisotopic (exact) mass is 206 g/mol. The van der Waals surface area contributed by atoms with E-state index in [2.05, 4.69) is 10.1 Å². The molecule has 0 spiro atoms. The van der Waals surface area contributed by atoms with Gasteiger partial charge in [0.25, 0.3) is 5.91 Å². The first-order valence-electron chi connectivity index (χ1n) is 4.51. The van der Waals surface area contributed by atoms with Gasteiger partial charge in [-0.3, -0.25) is 4.79 Å². The number of amides is 2. The number of nitrogens with one attached hydrogen (secondary N) is 1. The minimum Gasteiger partial charge on any atom is -0.436 e. The molecule has 78 valence electrons. The Morgan fingerprint density at radius 1 is 1.47 bits per heavy atom. The highest BCUT2D eigenvalue weighted by atomic mass is 16.6. The van der Waals surface area contributed by atoms with Crippen molar-refractivity contribution in [3.8, 4) is 0 Å². The number of para-hydroxylation sites is 1. The maximum absolute atomic E-state index is 11.4. The van der Waals surface area contributed by atoms with Crippen LogP contribution in [0.3, 0.4) is 0 Å². The van der Waals surface area contributed by atoms with Gasteiger partial charge in [0.1, 0.15) is 0 Å². The van der Waals surface area contributed by atoms with E-state index in [1.54, 1.807) is 6.07 Å². The first kappa shape index (κ1) is 9.51. The second-order valence-electron chi connectivity index (χ2n) is 3.28. The molecule has 0 fully saturated rings. The lowest BCUT2D eigenvalue weighted by atomic mass is 10.0. The third-order valence-electron chi connectivity index (χ3n) is 2.23. The molecule has 1 aromatic carbocycles. The van der Waals surface area contributed by atoms with Crippen LogP contribution in [-0.4, -0.2) is 18.1 Å². The number of fused-ring (bicyclic) bond motifs is 1. The molecule has 5 nitrogen and oxygen atoms in total. The van der Waals surface area contributed by atoms with E-state index in [4.69, 9.17) is 5.73 Å². The van der Waals surface area contributed by atoms with E-state index in [-0.39, 0.29) is 5.91 Å². The highest BCUT2D eigenvalue weighted by Gasteiger charge is 2.28. The molecule has 1 aliphatic heterocycles. The van der Waals surface area contributed by atoms with Crippen LogP contribution < -0.4 is 11.1 Å². The van der Waals surface area contributed by atoms with Crippen molar-refractivity contribution in [3.63, 3.8) is 0 Å². The van der Waals surface area contributed by atoms with Crippen LogP contribution in [-0.2, 0) is 16.0 Å². The van der Waals surface area contributed by atoms with Gasteiger partial charge in [0.2, 0.25) is 0 Å². The van der Waals surface area contributed by atoms with Crippen molar-refractivity contribution in [2.75, 3.05) is 5.32 Å². The Kier molecular flexibility index (Phi) is 2.29. The fourth-order valence-corrected chi connectivity index (χ4v) is 1.56. The zero-order chi connectivity index (χ0) is 10.8. The average Bonchev–Trinajstić information content (AvgIpc) is 2.18. The van der Waals surface area contributed by atoms with Gasteiger partial charge in [0.05, 0.1) is 0 Å². The number of nitrogens with two attached hydrogens (primary N) is 1. The summed E-state index contributed by atoms with van der Waals surface area (Å²) in [6.45, 7) is 0. The predicted octanol–water partition coefficient (Wildman–Crippen LogP) is 0.645. The van der Waals surface area contributed by atoms with E-state index < -0.39 is 12.2 Å². The molecular weight excluding hydrogens is 196 g/mol. The first-order valence-corrected chi connectivity index (χ1v) is 4.51. The fourth-order valence-electron chi connectivity index (χ4n) is 1.56. The van der Waals surface area contributed by atoms with Gasteiger partial charge in [-0.05, 0) is 11.6 Å². The van der Waals surface area contributed by atoms with E-state index in [0.29, 0.717) is 6.42 Å². The second kappa shape index (κ2) is 3.61. The minimum absolute atomic E-state index is 0.340. The van der Waals surface area contributed by atoms with Crippen LogP contribution in [0.4, 0.5) is 10.5 Å². The third-order valence-corrected chi connectivity index (χ3v) is 2.23. The van der Waals surface area contributed by atoms with Gasteiger partial charge in [-0.25, -0.2) is 4.79 Å². The first-order chi connectivity index (χ1) is 7.16. The van der Waals surface area contributed by atoms with Gasteiger partial charge >= 0.3 is 6.09 Å². The molecule has 1 unspecified atom stereocenters. The van der Waals surface area contributed by atoms with Crippen LogP contribution in [0.2, 0.25) is 0 Å². The molecule has 2 rings (SSSR count). The maximum Gasteiger partial charge on any atom is 0.405 e. The number of carbonyl (C=O) groups is 2. The second-order valence-corrected chi connectivity index (χ2v) is 3.28. The zero-order valence-corrected chi connectivity index (χ0v) is 7.90. The lowest BCUT2D eigenvalue weighted by Crippen LogP contribution is -2.39. The summed E-state index contributed by atoms with van der Waals surface area (Å²) in [4.78, 5) is 22.0. The Morgan fingerprint density at radius 3 is 2.93 bits per heavy atom. The third kappa shape index (κ3) is 1.90. The van der Waals surface area contributed by atoms with Gasteiger partial charge in [-0.2, -0.15) is 0 Å². The average molecular weight is 206 g/mol. The Hall–Kier alpha value is -2.04. The van der Waals surface area contributed by atoms with Gasteiger partial charge in [0, 0.05) is 12.1 Å². The number of rotatable bonds is 1. The molecule has 0 aliphatic carbocycles. The summed E-state index contributed by atoms with van der Waals surface area (Å²) < 4.78 is 4.69. The molecule has 2 amide bonds. The molecule has 1 heterocycles. The molecule has 3 N–H and O–H groups in total. The molecule has 0 saturated heterocycles. The van der Waals surface area contributed by atoms with Crippen molar-refractivity contribution >= 4 is 17.7 Å². The largest absolute Gasteiger partial charge is 0.436 e. The highest BCUT2D eigenvalue weighted by Crippen LogP contribution is 2.23. The van der Waals surface area contributed by atoms with Crippen molar-refractivity contribution in [3.05, 3.63) is 29.8 Å². The maximum atomic E-state index is 11.4. The number of carbonyl (C=O) groups excluding carboxylic acids is 2. The molecule has 5 heteroatoms. The van der Waals surface area contributed by atoms with Crippen molar-refractivity contribution in [2.45, 2.75) is 12.5 Å². The summed E-state index contributed by atoms with van der Waals surface area (Å²) in [7, 11) is 0.